The zero-order valence-electron chi connectivity index (χ0n) is 39.1. The summed E-state index contributed by atoms with van der Waals surface area (Å²) in [5.41, 5.74) is 16.5. The van der Waals surface area contributed by atoms with Gasteiger partial charge in [-0.05, 0) is 154 Å². The largest absolute Gasteiger partial charge is 0.308 e. The summed E-state index contributed by atoms with van der Waals surface area (Å²) >= 11 is 0. The van der Waals surface area contributed by atoms with Gasteiger partial charge in [0.15, 0.2) is 0 Å². The van der Waals surface area contributed by atoms with Crippen molar-refractivity contribution in [3.63, 3.8) is 0 Å². The molecule has 326 valence electrons. The van der Waals surface area contributed by atoms with Gasteiger partial charge in [-0.2, -0.15) is 0 Å². The predicted molar refractivity (Wildman–Crippen MR) is 301 cm³/mol. The molecule has 0 atom stereocenters. The second-order valence-electron chi connectivity index (χ2n) is 20.8. The van der Waals surface area contributed by atoms with Crippen LogP contribution in [0.25, 0.3) is 153 Å². The van der Waals surface area contributed by atoms with E-state index in [1.807, 2.05) is 0 Å². The third-order valence-corrected chi connectivity index (χ3v) is 16.0. The highest BCUT2D eigenvalue weighted by atomic mass is 14.9. The zero-order chi connectivity index (χ0) is 46.1. The van der Waals surface area contributed by atoms with Crippen molar-refractivity contribution in [1.82, 2.24) is 8.80 Å². The Morgan fingerprint density at radius 3 is 1.40 bits per heavy atom. The van der Waals surface area contributed by atoms with Crippen LogP contribution in [0.5, 0.6) is 0 Å². The van der Waals surface area contributed by atoms with Crippen LogP contribution in [0.2, 0.25) is 0 Å². The Balaban J connectivity index is 0.995. The fraction of sp³-hybridized carbons (Fsp3) is 0.0588. The smallest absolute Gasteiger partial charge is 0.0620 e. The number of hydrogen-bond donors (Lipinski definition) is 0. The molecule has 0 aliphatic rings. The number of rotatable bonds is 3. The number of para-hydroxylation sites is 1. The molecule has 16 rings (SSSR count). The topological polar surface area (TPSA) is 8.82 Å². The maximum Gasteiger partial charge on any atom is 0.0620 e. The molecule has 70 heavy (non-hydrogen) atoms. The van der Waals surface area contributed by atoms with Gasteiger partial charge in [0.2, 0.25) is 0 Å². The lowest BCUT2D eigenvalue weighted by atomic mass is 9.85. The van der Waals surface area contributed by atoms with Crippen molar-refractivity contribution in [2.45, 2.75) is 26.2 Å². The van der Waals surface area contributed by atoms with Crippen LogP contribution in [0.15, 0.2) is 212 Å². The third kappa shape index (κ3) is 5.02. The van der Waals surface area contributed by atoms with Crippen molar-refractivity contribution in [2.24, 2.45) is 0 Å². The number of benzene rings is 12. The number of aromatic nitrogens is 2. The Morgan fingerprint density at radius 1 is 0.271 bits per heavy atom. The molecule has 16 aromatic rings. The lowest BCUT2D eigenvalue weighted by molar-refractivity contribution is 0.592. The fourth-order valence-electron chi connectivity index (χ4n) is 12.9. The van der Waals surface area contributed by atoms with E-state index in [4.69, 9.17) is 0 Å². The van der Waals surface area contributed by atoms with Gasteiger partial charge in [0.05, 0.1) is 33.1 Å². The van der Waals surface area contributed by atoms with Crippen LogP contribution in [0.1, 0.15) is 26.3 Å². The van der Waals surface area contributed by atoms with Crippen molar-refractivity contribution in [2.75, 3.05) is 0 Å². The Kier molecular flexibility index (Phi) is 7.38. The second-order valence-corrected chi connectivity index (χ2v) is 20.8. The molecule has 4 aromatic heterocycles. The first-order valence-electron chi connectivity index (χ1n) is 24.7. The van der Waals surface area contributed by atoms with Crippen molar-refractivity contribution in [3.8, 4) is 33.4 Å². The van der Waals surface area contributed by atoms with E-state index in [2.05, 4.69) is 242 Å². The van der Waals surface area contributed by atoms with E-state index in [0.717, 1.165) is 0 Å². The first kappa shape index (κ1) is 38.3. The van der Waals surface area contributed by atoms with E-state index < -0.39 is 0 Å². The molecular weight excluding hydrogens is 845 g/mol. The summed E-state index contributed by atoms with van der Waals surface area (Å²) in [6.07, 6.45) is 0. The first-order valence-corrected chi connectivity index (χ1v) is 24.7. The molecule has 4 heterocycles. The minimum Gasteiger partial charge on any atom is -0.308 e. The van der Waals surface area contributed by atoms with Gasteiger partial charge in [0.25, 0.3) is 0 Å². The second kappa shape index (κ2) is 13.5. The van der Waals surface area contributed by atoms with Crippen LogP contribution in [-0.4, -0.2) is 8.80 Å². The zero-order valence-corrected chi connectivity index (χ0v) is 39.1. The molecule has 2 heteroatoms. The molecule has 0 saturated carbocycles. The van der Waals surface area contributed by atoms with Crippen LogP contribution in [-0.2, 0) is 5.41 Å². The van der Waals surface area contributed by atoms with Crippen molar-refractivity contribution >= 4 is 119 Å². The minimum absolute atomic E-state index is 0.00891. The van der Waals surface area contributed by atoms with Crippen LogP contribution < -0.4 is 0 Å². The Labute approximate surface area is 403 Å². The summed E-state index contributed by atoms with van der Waals surface area (Å²) in [5, 5.41) is 20.5. The van der Waals surface area contributed by atoms with E-state index in [0.29, 0.717) is 0 Å². The molecular formula is C68H44N2. The van der Waals surface area contributed by atoms with E-state index in [1.54, 1.807) is 0 Å². The van der Waals surface area contributed by atoms with Gasteiger partial charge >= 0.3 is 0 Å². The van der Waals surface area contributed by atoms with Crippen molar-refractivity contribution in [3.05, 3.63) is 218 Å². The summed E-state index contributed by atoms with van der Waals surface area (Å²) in [6, 6.07) is 80.5. The van der Waals surface area contributed by atoms with Gasteiger partial charge in [-0.15, -0.1) is 0 Å². The maximum absolute atomic E-state index is 2.55. The van der Waals surface area contributed by atoms with Crippen LogP contribution in [0.4, 0.5) is 0 Å². The van der Waals surface area contributed by atoms with E-state index in [-0.39, 0.29) is 5.41 Å². The van der Waals surface area contributed by atoms with Crippen LogP contribution >= 0.6 is 0 Å². The van der Waals surface area contributed by atoms with E-state index >= 15 is 0 Å². The van der Waals surface area contributed by atoms with Gasteiger partial charge in [-0.1, -0.05) is 166 Å². The number of nitrogens with zero attached hydrogens (tertiary/aromatic N) is 2. The molecule has 0 N–H and O–H groups in total. The Hall–Kier alpha value is -8.72. The quantitative estimate of drug-likeness (QED) is 0.156. The van der Waals surface area contributed by atoms with Gasteiger partial charge in [0, 0.05) is 43.1 Å². The summed E-state index contributed by atoms with van der Waals surface area (Å²) < 4.78 is 5.07. The molecule has 0 unspecified atom stereocenters. The van der Waals surface area contributed by atoms with Gasteiger partial charge in [-0.25, -0.2) is 0 Å². The van der Waals surface area contributed by atoms with Crippen molar-refractivity contribution in [1.29, 1.82) is 0 Å². The van der Waals surface area contributed by atoms with Gasteiger partial charge in [-0.3, -0.25) is 0 Å². The first-order chi connectivity index (χ1) is 34.4. The lowest BCUT2D eigenvalue weighted by Crippen LogP contribution is -2.10. The molecule has 0 fully saturated rings. The number of fused-ring (bicyclic) bond motifs is 16. The third-order valence-electron chi connectivity index (χ3n) is 16.0. The average Bonchev–Trinajstić information content (AvgIpc) is 4.11. The van der Waals surface area contributed by atoms with E-state index in [9.17, 15) is 0 Å². The summed E-state index contributed by atoms with van der Waals surface area (Å²) in [4.78, 5) is 0. The summed E-state index contributed by atoms with van der Waals surface area (Å²) in [5.74, 6) is 0. The number of hydrogen-bond acceptors (Lipinski definition) is 0. The van der Waals surface area contributed by atoms with E-state index in [1.165, 1.54) is 158 Å². The SMILES string of the molecule is CC(C)(C)c1cc2c3ccccc3n3c4cc5cccc(-c6ccc7c(c6)c6cc(-c8c9ccccc9c(-c9ccccc9)c9ccccc89)cc8c9cc%10ccccc%10cc9n7c68)c5cc4c(c1)c23. The monoisotopic (exact) mass is 888 g/mol. The molecule has 0 saturated heterocycles. The highest BCUT2D eigenvalue weighted by Crippen LogP contribution is 2.49. The highest BCUT2D eigenvalue weighted by Gasteiger charge is 2.25. The Bertz CT molecular complexity index is 4850. The van der Waals surface area contributed by atoms with Crippen LogP contribution in [0, 0.1) is 0 Å². The molecule has 0 bridgehead atoms. The average molecular weight is 889 g/mol. The minimum atomic E-state index is 0.00891. The molecule has 0 aliphatic carbocycles. The highest BCUT2D eigenvalue weighted by molar-refractivity contribution is 6.29. The van der Waals surface area contributed by atoms with Gasteiger partial charge in [0.1, 0.15) is 0 Å². The maximum atomic E-state index is 2.55. The Morgan fingerprint density at radius 2 is 0.743 bits per heavy atom. The molecule has 0 aliphatic heterocycles. The van der Waals surface area contributed by atoms with Gasteiger partial charge < -0.3 is 8.80 Å². The molecule has 0 radical (unpaired) electrons. The lowest BCUT2D eigenvalue weighted by Gasteiger charge is -2.19. The molecule has 0 spiro atoms. The predicted octanol–water partition coefficient (Wildman–Crippen LogP) is 18.9. The van der Waals surface area contributed by atoms with Crippen molar-refractivity contribution < 1.29 is 0 Å². The normalized spacial score (nSPS) is 12.8. The molecule has 0 amide bonds. The molecule has 12 aromatic carbocycles. The molecule has 2 nitrogen and oxygen atoms in total. The fourth-order valence-corrected chi connectivity index (χ4v) is 12.9. The summed E-state index contributed by atoms with van der Waals surface area (Å²) in [7, 11) is 0. The standard InChI is InChI=1S/C68H44N2/c1-68(2,3)45-36-58-47-21-13-14-27-60(47)69-63-35-42-20-15-26-46(52(42)38-55(63)59(37-45)67(58)69)43-28-29-61-53(31-43)56-32-44(33-57-54-30-40-18-7-8-19-41(40)34-62(54)70(61)66(56)57)65-50-24-11-9-22-48(50)64(39-16-5-4-6-17-39)49-23-10-12-25-51(49)65/h4-38H,1-3H3. The summed E-state index contributed by atoms with van der Waals surface area (Å²) in [6.45, 7) is 7.00. The van der Waals surface area contributed by atoms with Crippen LogP contribution in [0.3, 0.4) is 0 Å².